The van der Waals surface area contributed by atoms with Gasteiger partial charge in [-0.1, -0.05) is 0 Å². The first-order valence-corrected chi connectivity index (χ1v) is 5.88. The quantitative estimate of drug-likeness (QED) is 0.812. The number of nitrogens with two attached hydrogens (primary N) is 1. The number of rotatable bonds is 3. The number of anilines is 1. The summed E-state index contributed by atoms with van der Waals surface area (Å²) in [6, 6.07) is 3.63. The molecule has 1 aliphatic rings. The molecule has 0 amide bonds. The second-order valence-corrected chi connectivity index (χ2v) is 4.34. The predicted octanol–water partition coefficient (Wildman–Crippen LogP) is 0.580. The molecule has 4 heteroatoms. The zero-order valence-corrected chi connectivity index (χ0v) is 9.78. The summed E-state index contributed by atoms with van der Waals surface area (Å²) in [5.41, 5.74) is 6.89. The van der Waals surface area contributed by atoms with Crippen molar-refractivity contribution in [3.05, 3.63) is 28.0 Å². The van der Waals surface area contributed by atoms with Gasteiger partial charge in [0.1, 0.15) is 5.82 Å². The molecule has 0 fully saturated rings. The van der Waals surface area contributed by atoms with Crippen LogP contribution in [0.4, 0.5) is 5.82 Å². The lowest BCUT2D eigenvalue weighted by Crippen LogP contribution is -2.36. The zero-order chi connectivity index (χ0) is 11.5. The van der Waals surface area contributed by atoms with Crippen molar-refractivity contribution < 1.29 is 0 Å². The Kier molecular flexibility index (Phi) is 3.29. The van der Waals surface area contributed by atoms with E-state index in [2.05, 4.69) is 11.9 Å². The maximum Gasteiger partial charge on any atom is 0.252 e. The van der Waals surface area contributed by atoms with Gasteiger partial charge in [0, 0.05) is 26.2 Å². The number of pyridine rings is 1. The van der Waals surface area contributed by atoms with Crippen molar-refractivity contribution in [2.24, 2.45) is 5.73 Å². The maximum atomic E-state index is 11.7. The van der Waals surface area contributed by atoms with Gasteiger partial charge < -0.3 is 10.6 Å². The molecule has 0 saturated heterocycles. The molecule has 0 spiro atoms. The van der Waals surface area contributed by atoms with E-state index >= 15 is 0 Å². The van der Waals surface area contributed by atoms with E-state index < -0.39 is 0 Å². The maximum absolute atomic E-state index is 11.7. The molecule has 2 heterocycles. The summed E-state index contributed by atoms with van der Waals surface area (Å²) in [7, 11) is 2.05. The van der Waals surface area contributed by atoms with E-state index in [9.17, 15) is 4.79 Å². The van der Waals surface area contributed by atoms with E-state index in [4.69, 9.17) is 5.73 Å². The first-order chi connectivity index (χ1) is 7.74. The zero-order valence-electron chi connectivity index (χ0n) is 9.78. The highest BCUT2D eigenvalue weighted by molar-refractivity contribution is 5.48. The summed E-state index contributed by atoms with van der Waals surface area (Å²) < 4.78 is 1.88. The number of aromatic nitrogens is 1. The van der Waals surface area contributed by atoms with Gasteiger partial charge in [0.05, 0.1) is 0 Å². The van der Waals surface area contributed by atoms with Gasteiger partial charge >= 0.3 is 0 Å². The van der Waals surface area contributed by atoms with Crippen molar-refractivity contribution in [2.45, 2.75) is 25.8 Å². The highest BCUT2D eigenvalue weighted by atomic mass is 16.1. The van der Waals surface area contributed by atoms with Crippen LogP contribution in [0.1, 0.15) is 18.4 Å². The van der Waals surface area contributed by atoms with Gasteiger partial charge in [-0.05, 0) is 37.4 Å². The molecular formula is C12H19N3O. The number of fused-ring (bicyclic) bond motifs is 1. The highest BCUT2D eigenvalue weighted by Gasteiger charge is 2.17. The number of aryl methyl sites for hydroxylation is 1. The summed E-state index contributed by atoms with van der Waals surface area (Å²) in [5, 5.41) is 0. The average molecular weight is 221 g/mol. The molecule has 16 heavy (non-hydrogen) atoms. The van der Waals surface area contributed by atoms with E-state index in [1.165, 1.54) is 5.56 Å². The van der Waals surface area contributed by atoms with Crippen LogP contribution in [0.5, 0.6) is 0 Å². The SMILES string of the molecule is CN1CCCn2c1c(CCCN)ccc2=O. The van der Waals surface area contributed by atoms with E-state index in [0.29, 0.717) is 6.54 Å². The van der Waals surface area contributed by atoms with E-state index in [1.54, 1.807) is 6.07 Å². The lowest BCUT2D eigenvalue weighted by molar-refractivity contribution is 0.560. The molecule has 0 unspecified atom stereocenters. The second kappa shape index (κ2) is 4.70. The van der Waals surface area contributed by atoms with E-state index in [-0.39, 0.29) is 5.56 Å². The largest absolute Gasteiger partial charge is 0.361 e. The third kappa shape index (κ3) is 1.97. The number of hydrogen-bond donors (Lipinski definition) is 1. The van der Waals surface area contributed by atoms with Crippen LogP contribution in [0.2, 0.25) is 0 Å². The van der Waals surface area contributed by atoms with Crippen LogP contribution >= 0.6 is 0 Å². The molecule has 0 radical (unpaired) electrons. The third-order valence-corrected chi connectivity index (χ3v) is 3.12. The second-order valence-electron chi connectivity index (χ2n) is 4.34. The van der Waals surface area contributed by atoms with Gasteiger partial charge in [0.2, 0.25) is 0 Å². The minimum Gasteiger partial charge on any atom is -0.361 e. The molecule has 1 aliphatic heterocycles. The lowest BCUT2D eigenvalue weighted by atomic mass is 10.1. The van der Waals surface area contributed by atoms with Gasteiger partial charge in [0.15, 0.2) is 0 Å². The molecule has 2 N–H and O–H groups in total. The lowest BCUT2D eigenvalue weighted by Gasteiger charge is -2.30. The summed E-state index contributed by atoms with van der Waals surface area (Å²) >= 11 is 0. The molecule has 4 nitrogen and oxygen atoms in total. The van der Waals surface area contributed by atoms with Crippen LogP contribution < -0.4 is 16.2 Å². The Balaban J connectivity index is 2.42. The van der Waals surface area contributed by atoms with Crippen molar-refractivity contribution in [1.29, 1.82) is 0 Å². The number of nitrogens with zero attached hydrogens (tertiary/aromatic N) is 2. The standard InChI is InChI=1S/C12H19N3O/c1-14-8-3-9-15-11(16)6-5-10(12(14)15)4-2-7-13/h5-6H,2-4,7-9,13H2,1H3. The Morgan fingerprint density at radius 2 is 2.19 bits per heavy atom. The Morgan fingerprint density at radius 1 is 1.38 bits per heavy atom. The van der Waals surface area contributed by atoms with Crippen LogP contribution in [0.3, 0.4) is 0 Å². The normalized spacial score (nSPS) is 15.0. The number of hydrogen-bond acceptors (Lipinski definition) is 3. The summed E-state index contributed by atoms with van der Waals surface area (Å²) in [6.45, 7) is 2.57. The van der Waals surface area contributed by atoms with Gasteiger partial charge in [-0.25, -0.2) is 0 Å². The molecule has 1 aromatic heterocycles. The minimum atomic E-state index is 0.109. The highest BCUT2D eigenvalue weighted by Crippen LogP contribution is 2.22. The van der Waals surface area contributed by atoms with Crippen molar-refractivity contribution in [2.75, 3.05) is 25.0 Å². The van der Waals surface area contributed by atoms with E-state index in [1.807, 2.05) is 10.6 Å². The van der Waals surface area contributed by atoms with Crippen LogP contribution in [-0.4, -0.2) is 24.7 Å². The first kappa shape index (κ1) is 11.2. The topological polar surface area (TPSA) is 51.3 Å². The summed E-state index contributed by atoms with van der Waals surface area (Å²) in [4.78, 5) is 13.9. The van der Waals surface area contributed by atoms with Crippen LogP contribution in [0, 0.1) is 0 Å². The van der Waals surface area contributed by atoms with Crippen LogP contribution in [0.25, 0.3) is 0 Å². The predicted molar refractivity (Wildman–Crippen MR) is 66.0 cm³/mol. The molecular weight excluding hydrogens is 202 g/mol. The van der Waals surface area contributed by atoms with Crippen LogP contribution in [-0.2, 0) is 13.0 Å². The Morgan fingerprint density at radius 3 is 2.94 bits per heavy atom. The average Bonchev–Trinajstić information content (AvgIpc) is 2.29. The van der Waals surface area contributed by atoms with E-state index in [0.717, 1.165) is 38.2 Å². The third-order valence-electron chi connectivity index (χ3n) is 3.12. The molecule has 0 aliphatic carbocycles. The smallest absolute Gasteiger partial charge is 0.252 e. The van der Waals surface area contributed by atoms with Crippen LogP contribution in [0.15, 0.2) is 16.9 Å². The fraction of sp³-hybridized carbons (Fsp3) is 0.583. The molecule has 88 valence electrons. The Hall–Kier alpha value is -1.29. The fourth-order valence-corrected chi connectivity index (χ4v) is 2.34. The summed E-state index contributed by atoms with van der Waals surface area (Å²) in [6.07, 6.45) is 2.97. The minimum absolute atomic E-state index is 0.109. The molecule has 0 bridgehead atoms. The van der Waals surface area contributed by atoms with Gasteiger partial charge in [-0.2, -0.15) is 0 Å². The van der Waals surface area contributed by atoms with Crippen molar-refractivity contribution in [1.82, 2.24) is 4.57 Å². The van der Waals surface area contributed by atoms with Crippen molar-refractivity contribution in [3.8, 4) is 0 Å². The fourth-order valence-electron chi connectivity index (χ4n) is 2.34. The van der Waals surface area contributed by atoms with Gasteiger partial charge in [-0.3, -0.25) is 9.36 Å². The van der Waals surface area contributed by atoms with Gasteiger partial charge in [-0.15, -0.1) is 0 Å². The molecule has 0 saturated carbocycles. The van der Waals surface area contributed by atoms with Crippen molar-refractivity contribution in [3.63, 3.8) is 0 Å². The molecule has 1 aromatic rings. The first-order valence-electron chi connectivity index (χ1n) is 5.88. The summed E-state index contributed by atoms with van der Waals surface area (Å²) in [5.74, 6) is 1.09. The van der Waals surface area contributed by atoms with Gasteiger partial charge in [0.25, 0.3) is 5.56 Å². The molecule has 0 aromatic carbocycles. The van der Waals surface area contributed by atoms with Crippen molar-refractivity contribution >= 4 is 5.82 Å². The Bertz CT molecular complexity index is 425. The molecule has 2 rings (SSSR count). The molecule has 0 atom stereocenters. The Labute approximate surface area is 95.7 Å². The monoisotopic (exact) mass is 221 g/mol.